The fraction of sp³-hybridized carbons (Fsp3) is 0.273. The standard InChI is InChI=1S/C11H13ClN4O2/c1-6(13)10-15-16-11(18-10)14-8-5-7(12)3-4-9(8)17-2/h3-6H,13H2,1-2H3,(H,14,16). The smallest absolute Gasteiger partial charge is 0.320 e. The molecule has 0 aliphatic rings. The van der Waals surface area contributed by atoms with Crippen LogP contribution < -0.4 is 15.8 Å². The van der Waals surface area contributed by atoms with Gasteiger partial charge in [0.25, 0.3) is 0 Å². The van der Waals surface area contributed by atoms with Crippen LogP contribution in [0.3, 0.4) is 0 Å². The number of hydrogen-bond acceptors (Lipinski definition) is 6. The van der Waals surface area contributed by atoms with E-state index in [0.29, 0.717) is 22.4 Å². The Morgan fingerprint density at radius 3 is 2.83 bits per heavy atom. The first-order valence-corrected chi connectivity index (χ1v) is 5.67. The second kappa shape index (κ2) is 5.24. The summed E-state index contributed by atoms with van der Waals surface area (Å²) in [6, 6.07) is 5.10. The first-order valence-electron chi connectivity index (χ1n) is 5.29. The maximum Gasteiger partial charge on any atom is 0.320 e. The highest BCUT2D eigenvalue weighted by molar-refractivity contribution is 6.30. The lowest BCUT2D eigenvalue weighted by molar-refractivity contribution is 0.416. The van der Waals surface area contributed by atoms with Gasteiger partial charge in [-0.15, -0.1) is 5.10 Å². The number of anilines is 2. The van der Waals surface area contributed by atoms with Crippen molar-refractivity contribution in [3.8, 4) is 5.75 Å². The van der Waals surface area contributed by atoms with Gasteiger partial charge in [0.15, 0.2) is 0 Å². The van der Waals surface area contributed by atoms with Crippen LogP contribution >= 0.6 is 11.6 Å². The molecule has 0 saturated carbocycles. The van der Waals surface area contributed by atoms with Crippen molar-refractivity contribution in [1.29, 1.82) is 0 Å². The summed E-state index contributed by atoms with van der Waals surface area (Å²) in [5.74, 6) is 0.985. The van der Waals surface area contributed by atoms with Crippen molar-refractivity contribution >= 4 is 23.3 Å². The van der Waals surface area contributed by atoms with E-state index < -0.39 is 0 Å². The van der Waals surface area contributed by atoms with Crippen LogP contribution in [0.15, 0.2) is 22.6 Å². The minimum Gasteiger partial charge on any atom is -0.495 e. The maximum atomic E-state index is 5.91. The molecule has 1 unspecified atom stereocenters. The highest BCUT2D eigenvalue weighted by Crippen LogP contribution is 2.30. The number of hydrogen-bond donors (Lipinski definition) is 2. The Hall–Kier alpha value is -1.79. The molecule has 2 aromatic rings. The molecule has 0 amide bonds. The fourth-order valence-electron chi connectivity index (χ4n) is 1.36. The quantitative estimate of drug-likeness (QED) is 0.886. The zero-order valence-electron chi connectivity index (χ0n) is 9.98. The van der Waals surface area contributed by atoms with Crippen LogP contribution in [0.4, 0.5) is 11.7 Å². The summed E-state index contributed by atoms with van der Waals surface area (Å²) < 4.78 is 10.5. The van der Waals surface area contributed by atoms with Crippen LogP contribution in [0.2, 0.25) is 5.02 Å². The van der Waals surface area contributed by atoms with Crippen molar-refractivity contribution in [3.05, 3.63) is 29.1 Å². The molecule has 0 bridgehead atoms. The van der Waals surface area contributed by atoms with Gasteiger partial charge < -0.3 is 20.2 Å². The third-order valence-corrected chi connectivity index (χ3v) is 2.47. The van der Waals surface area contributed by atoms with Crippen molar-refractivity contribution in [3.63, 3.8) is 0 Å². The fourth-order valence-corrected chi connectivity index (χ4v) is 1.53. The van der Waals surface area contributed by atoms with Crippen molar-refractivity contribution in [2.24, 2.45) is 5.73 Å². The molecule has 3 N–H and O–H groups in total. The Kier molecular flexibility index (Phi) is 3.69. The number of ether oxygens (including phenoxy) is 1. The molecule has 96 valence electrons. The van der Waals surface area contributed by atoms with E-state index >= 15 is 0 Å². The number of benzene rings is 1. The largest absolute Gasteiger partial charge is 0.495 e. The zero-order chi connectivity index (χ0) is 13.1. The average molecular weight is 269 g/mol. The molecule has 18 heavy (non-hydrogen) atoms. The highest BCUT2D eigenvalue weighted by Gasteiger charge is 2.12. The van der Waals surface area contributed by atoms with Crippen molar-refractivity contribution < 1.29 is 9.15 Å². The molecule has 7 heteroatoms. The molecule has 6 nitrogen and oxygen atoms in total. The number of nitrogens with one attached hydrogen (secondary N) is 1. The van der Waals surface area contributed by atoms with E-state index in [1.54, 1.807) is 32.2 Å². The highest BCUT2D eigenvalue weighted by atomic mass is 35.5. The van der Waals surface area contributed by atoms with Crippen LogP contribution in [-0.4, -0.2) is 17.3 Å². The first kappa shape index (κ1) is 12.7. The van der Waals surface area contributed by atoms with E-state index in [2.05, 4.69) is 15.5 Å². The van der Waals surface area contributed by atoms with Crippen LogP contribution in [0, 0.1) is 0 Å². The van der Waals surface area contributed by atoms with Gasteiger partial charge in [0.2, 0.25) is 5.89 Å². The van der Waals surface area contributed by atoms with Gasteiger partial charge in [0, 0.05) is 5.02 Å². The zero-order valence-corrected chi connectivity index (χ0v) is 10.7. The average Bonchev–Trinajstić information content (AvgIpc) is 2.78. The number of rotatable bonds is 4. The van der Waals surface area contributed by atoms with Gasteiger partial charge in [-0.05, 0) is 25.1 Å². The summed E-state index contributed by atoms with van der Waals surface area (Å²) in [5, 5.41) is 11.2. The summed E-state index contributed by atoms with van der Waals surface area (Å²) in [6.45, 7) is 1.76. The van der Waals surface area contributed by atoms with Gasteiger partial charge in [-0.3, -0.25) is 0 Å². The second-order valence-corrected chi connectivity index (χ2v) is 4.14. The third-order valence-electron chi connectivity index (χ3n) is 2.23. The lowest BCUT2D eigenvalue weighted by Gasteiger charge is -2.08. The molecule has 0 fully saturated rings. The predicted molar refractivity (Wildman–Crippen MR) is 68.2 cm³/mol. The van der Waals surface area contributed by atoms with Crippen molar-refractivity contribution in [1.82, 2.24) is 10.2 Å². The van der Waals surface area contributed by atoms with Gasteiger partial charge in [0.1, 0.15) is 5.75 Å². The number of aromatic nitrogens is 2. The molecule has 0 aliphatic carbocycles. The van der Waals surface area contributed by atoms with E-state index in [9.17, 15) is 0 Å². The van der Waals surface area contributed by atoms with E-state index in [0.717, 1.165) is 0 Å². The molecule has 0 radical (unpaired) electrons. The molecule has 0 saturated heterocycles. The first-order chi connectivity index (χ1) is 8.60. The van der Waals surface area contributed by atoms with Crippen LogP contribution in [0.25, 0.3) is 0 Å². The third kappa shape index (κ3) is 2.72. The van der Waals surface area contributed by atoms with Gasteiger partial charge in [0.05, 0.1) is 18.8 Å². The Balaban J connectivity index is 2.24. The maximum absolute atomic E-state index is 5.91. The minimum atomic E-state index is -0.311. The lowest BCUT2D eigenvalue weighted by atomic mass is 10.3. The summed E-state index contributed by atoms with van der Waals surface area (Å²) in [7, 11) is 1.57. The van der Waals surface area contributed by atoms with Gasteiger partial charge in [-0.2, -0.15) is 0 Å². The molecule has 1 atom stereocenters. The molecule has 1 heterocycles. The van der Waals surface area contributed by atoms with Crippen LogP contribution in [0.1, 0.15) is 18.9 Å². The van der Waals surface area contributed by atoms with Crippen LogP contribution in [-0.2, 0) is 0 Å². The van der Waals surface area contributed by atoms with Crippen molar-refractivity contribution in [2.75, 3.05) is 12.4 Å². The topological polar surface area (TPSA) is 86.2 Å². The molecule has 0 spiro atoms. The Morgan fingerprint density at radius 2 is 2.22 bits per heavy atom. The Morgan fingerprint density at radius 1 is 1.44 bits per heavy atom. The Labute approximate surface area is 109 Å². The van der Waals surface area contributed by atoms with Crippen LogP contribution in [0.5, 0.6) is 5.75 Å². The lowest BCUT2D eigenvalue weighted by Crippen LogP contribution is -2.04. The summed E-state index contributed by atoms with van der Waals surface area (Å²) in [6.07, 6.45) is 0. The molecule has 2 rings (SSSR count). The Bertz CT molecular complexity index is 542. The summed E-state index contributed by atoms with van der Waals surface area (Å²) in [5.41, 5.74) is 6.27. The molecule has 0 aliphatic heterocycles. The second-order valence-electron chi connectivity index (χ2n) is 3.70. The number of halogens is 1. The van der Waals surface area contributed by atoms with Gasteiger partial charge in [-0.1, -0.05) is 16.7 Å². The number of nitrogens with two attached hydrogens (primary N) is 1. The normalized spacial score (nSPS) is 12.2. The van der Waals surface area contributed by atoms with E-state index in [-0.39, 0.29) is 12.1 Å². The van der Waals surface area contributed by atoms with Gasteiger partial charge >= 0.3 is 6.01 Å². The SMILES string of the molecule is COc1ccc(Cl)cc1Nc1nnc(C(C)N)o1. The van der Waals surface area contributed by atoms with E-state index in [1.165, 1.54) is 0 Å². The molecular formula is C11H13ClN4O2. The number of methoxy groups -OCH3 is 1. The minimum absolute atomic E-state index is 0.239. The monoisotopic (exact) mass is 268 g/mol. The van der Waals surface area contributed by atoms with E-state index in [1.807, 2.05) is 0 Å². The number of nitrogens with zero attached hydrogens (tertiary/aromatic N) is 2. The molecule has 1 aromatic heterocycles. The van der Waals surface area contributed by atoms with E-state index in [4.69, 9.17) is 26.5 Å². The van der Waals surface area contributed by atoms with Crippen molar-refractivity contribution in [2.45, 2.75) is 13.0 Å². The predicted octanol–water partition coefficient (Wildman–Crippen LogP) is 2.49. The summed E-state index contributed by atoms with van der Waals surface area (Å²) >= 11 is 5.91. The summed E-state index contributed by atoms with van der Waals surface area (Å²) in [4.78, 5) is 0. The molecular weight excluding hydrogens is 256 g/mol. The molecule has 1 aromatic carbocycles. The van der Waals surface area contributed by atoms with Gasteiger partial charge in [-0.25, -0.2) is 0 Å².